The molecule has 3 heterocycles. The second kappa shape index (κ2) is 9.22. The van der Waals surface area contributed by atoms with Gasteiger partial charge in [-0.25, -0.2) is 0 Å². The van der Waals surface area contributed by atoms with Crippen molar-refractivity contribution < 1.29 is 18.0 Å². The number of aryl methyl sites for hydroxylation is 1. The van der Waals surface area contributed by atoms with E-state index in [1.54, 1.807) is 45.0 Å². The van der Waals surface area contributed by atoms with Crippen LogP contribution >= 0.6 is 0 Å². The second-order valence-corrected chi connectivity index (χ2v) is 8.44. The fourth-order valence-electron chi connectivity index (χ4n) is 3.46. The van der Waals surface area contributed by atoms with Gasteiger partial charge in [0.05, 0.1) is 35.7 Å². The molecule has 0 saturated carbocycles. The molecule has 0 bridgehead atoms. The lowest BCUT2D eigenvalue weighted by molar-refractivity contribution is -0.141. The van der Waals surface area contributed by atoms with Gasteiger partial charge in [-0.2, -0.15) is 23.4 Å². The van der Waals surface area contributed by atoms with Crippen molar-refractivity contribution in [1.82, 2.24) is 35.2 Å². The van der Waals surface area contributed by atoms with Crippen molar-refractivity contribution in [2.24, 2.45) is 7.05 Å². The first kappa shape index (κ1) is 24.2. The van der Waals surface area contributed by atoms with Gasteiger partial charge >= 0.3 is 6.18 Å². The van der Waals surface area contributed by atoms with Crippen LogP contribution in [-0.2, 0) is 31.0 Å². The maximum atomic E-state index is 13.3. The van der Waals surface area contributed by atoms with Crippen molar-refractivity contribution >= 4 is 5.91 Å². The Morgan fingerprint density at radius 1 is 1.27 bits per heavy atom. The van der Waals surface area contributed by atoms with Gasteiger partial charge in [0.1, 0.15) is 0 Å². The van der Waals surface area contributed by atoms with Crippen LogP contribution in [0.3, 0.4) is 0 Å². The van der Waals surface area contributed by atoms with E-state index < -0.39 is 29.0 Å². The number of alkyl halides is 3. The van der Waals surface area contributed by atoms with Crippen LogP contribution in [0, 0.1) is 0 Å². The minimum atomic E-state index is -4.66. The zero-order chi connectivity index (χ0) is 24.4. The van der Waals surface area contributed by atoms with Crippen LogP contribution in [0.2, 0.25) is 0 Å². The van der Waals surface area contributed by atoms with E-state index in [4.69, 9.17) is 0 Å². The molecule has 3 aromatic rings. The van der Waals surface area contributed by atoms with Crippen LogP contribution in [0.25, 0.3) is 11.4 Å². The summed E-state index contributed by atoms with van der Waals surface area (Å²) in [6, 6.07) is 4.51. The molecule has 0 aliphatic carbocycles. The number of pyridine rings is 1. The molecule has 0 aliphatic heterocycles. The number of rotatable bonds is 8. The average molecular weight is 465 g/mol. The van der Waals surface area contributed by atoms with E-state index in [1.807, 2.05) is 0 Å². The van der Waals surface area contributed by atoms with Crippen molar-refractivity contribution in [3.63, 3.8) is 0 Å². The summed E-state index contributed by atoms with van der Waals surface area (Å²) in [5.41, 5.74) is -1.36. The van der Waals surface area contributed by atoms with Crippen LogP contribution in [0.4, 0.5) is 13.2 Å². The lowest BCUT2D eigenvalue weighted by Gasteiger charge is -2.29. The first-order valence-corrected chi connectivity index (χ1v) is 10.2. The summed E-state index contributed by atoms with van der Waals surface area (Å²) >= 11 is 0. The lowest BCUT2D eigenvalue weighted by atomic mass is 10.0. The molecule has 3 rings (SSSR count). The molecule has 3 aromatic heterocycles. The first-order chi connectivity index (χ1) is 15.4. The van der Waals surface area contributed by atoms with Gasteiger partial charge in [0.2, 0.25) is 11.5 Å². The Kier molecular flexibility index (Phi) is 6.77. The Morgan fingerprint density at radius 2 is 2.00 bits per heavy atom. The summed E-state index contributed by atoms with van der Waals surface area (Å²) in [6.45, 7) is 3.31. The summed E-state index contributed by atoms with van der Waals surface area (Å²) in [6.07, 6.45) is -0.803. The number of carbonyl (C=O) groups is 1. The highest BCUT2D eigenvalue weighted by molar-refractivity contribution is 5.82. The smallest absolute Gasteiger partial charge is 0.348 e. The summed E-state index contributed by atoms with van der Waals surface area (Å²) in [7, 11) is 3.43. The fraction of sp³-hybridized carbons (Fsp3) is 0.429. The largest absolute Gasteiger partial charge is 0.435 e. The molecule has 178 valence electrons. The molecule has 0 saturated heterocycles. The summed E-state index contributed by atoms with van der Waals surface area (Å²) in [5.74, 6) is -0.316. The standard InChI is InChI=1S/C21H26F3N7O2/c1-20(2,28-19(33)15(25-3)8-13-10-26-30(4)11-13)12-31-16(9-17(29-31)21(22,23)24)14-6-5-7-18(32)27-14/h5-7,9-11,15,25H,8,12H2,1-4H3,(H,27,32)(H,28,33)/t15-/m1/s1. The van der Waals surface area contributed by atoms with Crippen molar-refractivity contribution in [3.8, 4) is 11.4 Å². The molecule has 0 fully saturated rings. The van der Waals surface area contributed by atoms with Crippen LogP contribution in [0.1, 0.15) is 25.1 Å². The van der Waals surface area contributed by atoms with Crippen molar-refractivity contribution in [2.75, 3.05) is 7.05 Å². The zero-order valence-corrected chi connectivity index (χ0v) is 18.7. The number of likely N-dealkylation sites (N-methyl/N-ethyl adjacent to an activating group) is 1. The number of aromatic amines is 1. The monoisotopic (exact) mass is 465 g/mol. The third-order valence-electron chi connectivity index (χ3n) is 4.98. The lowest BCUT2D eigenvalue weighted by Crippen LogP contribution is -2.53. The molecule has 0 spiro atoms. The molecule has 0 aliphatic rings. The van der Waals surface area contributed by atoms with Crippen LogP contribution < -0.4 is 16.2 Å². The van der Waals surface area contributed by atoms with Crippen molar-refractivity contribution in [1.29, 1.82) is 0 Å². The predicted molar refractivity (Wildman–Crippen MR) is 115 cm³/mol. The Bertz CT molecular complexity index is 1180. The molecular weight excluding hydrogens is 439 g/mol. The van der Waals surface area contributed by atoms with E-state index in [0.29, 0.717) is 6.42 Å². The van der Waals surface area contributed by atoms with Crippen LogP contribution in [-0.4, -0.2) is 49.1 Å². The van der Waals surface area contributed by atoms with E-state index in [1.165, 1.54) is 18.2 Å². The molecule has 33 heavy (non-hydrogen) atoms. The number of hydrogen-bond donors (Lipinski definition) is 3. The third kappa shape index (κ3) is 6.09. The molecule has 9 nitrogen and oxygen atoms in total. The SMILES string of the molecule is CN[C@H](Cc1cnn(C)c1)C(=O)NC(C)(C)Cn1nc(C(F)(F)F)cc1-c1cccc(=O)[nH]1. The number of halogens is 3. The Hall–Kier alpha value is -3.41. The van der Waals surface area contributed by atoms with Gasteiger partial charge in [0.15, 0.2) is 5.69 Å². The third-order valence-corrected chi connectivity index (χ3v) is 4.98. The predicted octanol–water partition coefficient (Wildman–Crippen LogP) is 1.72. The summed E-state index contributed by atoms with van der Waals surface area (Å²) in [4.78, 5) is 27.1. The highest BCUT2D eigenvalue weighted by Crippen LogP contribution is 2.31. The van der Waals surface area contributed by atoms with E-state index in [0.717, 1.165) is 16.3 Å². The van der Waals surface area contributed by atoms with Gasteiger partial charge < -0.3 is 15.6 Å². The minimum Gasteiger partial charge on any atom is -0.348 e. The molecule has 1 atom stereocenters. The average Bonchev–Trinajstić information content (AvgIpc) is 3.31. The van der Waals surface area contributed by atoms with Gasteiger partial charge in [0.25, 0.3) is 0 Å². The first-order valence-electron chi connectivity index (χ1n) is 10.2. The normalized spacial score (nSPS) is 13.2. The number of nitrogens with one attached hydrogen (secondary N) is 3. The molecule has 12 heteroatoms. The number of H-pyrrole nitrogens is 1. The molecule has 0 aromatic carbocycles. The highest BCUT2D eigenvalue weighted by Gasteiger charge is 2.36. The quantitative estimate of drug-likeness (QED) is 0.469. The van der Waals surface area contributed by atoms with Crippen LogP contribution in [0.15, 0.2) is 41.5 Å². The number of amides is 1. The van der Waals surface area contributed by atoms with E-state index in [2.05, 4.69) is 25.8 Å². The topological polar surface area (TPSA) is 110 Å². The molecule has 0 radical (unpaired) electrons. The van der Waals surface area contributed by atoms with Gasteiger partial charge in [-0.1, -0.05) is 6.07 Å². The Balaban J connectivity index is 1.83. The van der Waals surface area contributed by atoms with E-state index >= 15 is 0 Å². The van der Waals surface area contributed by atoms with Gasteiger partial charge in [-0.05, 0) is 45.0 Å². The molecule has 0 unspecified atom stereocenters. The molecular formula is C21H26F3N7O2. The van der Waals surface area contributed by atoms with Gasteiger partial charge in [-0.15, -0.1) is 0 Å². The Labute approximate surface area is 188 Å². The summed E-state index contributed by atoms with van der Waals surface area (Å²) < 4.78 is 42.8. The van der Waals surface area contributed by atoms with Crippen LogP contribution in [0.5, 0.6) is 0 Å². The van der Waals surface area contributed by atoms with Crippen molar-refractivity contribution in [2.45, 2.75) is 44.6 Å². The Morgan fingerprint density at radius 3 is 2.58 bits per heavy atom. The van der Waals surface area contributed by atoms with Gasteiger partial charge in [0, 0.05) is 19.3 Å². The maximum Gasteiger partial charge on any atom is 0.435 e. The number of carbonyl (C=O) groups excluding carboxylic acids is 1. The summed E-state index contributed by atoms with van der Waals surface area (Å²) in [5, 5.41) is 13.6. The molecule has 3 N–H and O–H groups in total. The zero-order valence-electron chi connectivity index (χ0n) is 18.7. The van der Waals surface area contributed by atoms with Crippen molar-refractivity contribution in [3.05, 3.63) is 58.3 Å². The molecule has 1 amide bonds. The second-order valence-electron chi connectivity index (χ2n) is 8.44. The maximum absolute atomic E-state index is 13.3. The minimum absolute atomic E-state index is 0.0651. The van der Waals surface area contributed by atoms with E-state index in [9.17, 15) is 22.8 Å². The fourth-order valence-corrected chi connectivity index (χ4v) is 3.46. The van der Waals surface area contributed by atoms with Gasteiger partial charge in [-0.3, -0.25) is 19.0 Å². The van der Waals surface area contributed by atoms with E-state index in [-0.39, 0.29) is 23.8 Å². The number of nitrogens with zero attached hydrogens (tertiary/aromatic N) is 4. The number of aromatic nitrogens is 5. The highest BCUT2D eigenvalue weighted by atomic mass is 19.4. The number of hydrogen-bond acceptors (Lipinski definition) is 5.